The summed E-state index contributed by atoms with van der Waals surface area (Å²) < 4.78 is 7.74. The predicted molar refractivity (Wildman–Crippen MR) is 173 cm³/mol. The van der Waals surface area contributed by atoms with E-state index in [1.807, 2.05) is 24.3 Å². The largest absolute Gasteiger partial charge is 0.492 e. The molecule has 0 saturated carbocycles. The maximum Gasteiger partial charge on any atom is 0.258 e. The molecule has 1 aromatic carbocycles. The molecule has 5 rings (SSSR count). The first-order valence-corrected chi connectivity index (χ1v) is 15.0. The number of hydrogen-bond acceptors (Lipinski definition) is 5. The number of anilines is 1. The van der Waals surface area contributed by atoms with Gasteiger partial charge in [0.25, 0.3) is 11.5 Å². The highest BCUT2D eigenvalue weighted by molar-refractivity contribution is 6.04. The van der Waals surface area contributed by atoms with E-state index in [1.54, 1.807) is 23.1 Å². The maximum absolute atomic E-state index is 13.0. The summed E-state index contributed by atoms with van der Waals surface area (Å²) in [4.78, 5) is 34.2. The average molecular weight is 583 g/mol. The number of amides is 1. The van der Waals surface area contributed by atoms with E-state index in [4.69, 9.17) is 4.74 Å². The van der Waals surface area contributed by atoms with Gasteiger partial charge in [-0.1, -0.05) is 52.8 Å². The van der Waals surface area contributed by atoms with Gasteiger partial charge in [0.1, 0.15) is 12.4 Å². The third kappa shape index (κ3) is 7.35. The molecule has 1 aliphatic rings. The molecule has 1 aliphatic carbocycles. The van der Waals surface area contributed by atoms with Gasteiger partial charge in [-0.05, 0) is 66.7 Å². The van der Waals surface area contributed by atoms with Gasteiger partial charge in [0, 0.05) is 29.8 Å². The smallest absolute Gasteiger partial charge is 0.258 e. The van der Waals surface area contributed by atoms with Gasteiger partial charge < -0.3 is 24.9 Å². The van der Waals surface area contributed by atoms with Crippen LogP contribution in [0.15, 0.2) is 77.5 Å². The molecule has 0 aliphatic heterocycles. The van der Waals surface area contributed by atoms with E-state index in [9.17, 15) is 9.59 Å². The van der Waals surface area contributed by atoms with Crippen molar-refractivity contribution < 1.29 is 9.53 Å². The highest BCUT2D eigenvalue weighted by atomic mass is 16.5. The number of aromatic amines is 2. The summed E-state index contributed by atoms with van der Waals surface area (Å²) in [7, 11) is 0. The van der Waals surface area contributed by atoms with E-state index in [0.29, 0.717) is 41.6 Å². The first kappa shape index (κ1) is 30.1. The van der Waals surface area contributed by atoms with Crippen LogP contribution < -0.4 is 15.6 Å². The Hall–Kier alpha value is -4.37. The number of H-pyrrole nitrogens is 2. The van der Waals surface area contributed by atoms with E-state index >= 15 is 0 Å². The highest BCUT2D eigenvalue weighted by Crippen LogP contribution is 2.33. The van der Waals surface area contributed by atoms with Gasteiger partial charge in [0.2, 0.25) is 0 Å². The molecule has 0 fully saturated rings. The Balaban J connectivity index is 1.24. The lowest BCUT2D eigenvalue weighted by atomic mass is 9.76. The minimum atomic E-state index is -0.298. The molecule has 9 heteroatoms. The molecule has 0 radical (unpaired) electrons. The van der Waals surface area contributed by atoms with Crippen LogP contribution in [0.3, 0.4) is 0 Å². The van der Waals surface area contributed by atoms with Crippen molar-refractivity contribution in [2.75, 3.05) is 31.6 Å². The lowest BCUT2D eigenvalue weighted by Crippen LogP contribution is -2.27. The molecule has 3 N–H and O–H groups in total. The number of ether oxygens (including phenoxy) is 1. The Bertz CT molecular complexity index is 1700. The van der Waals surface area contributed by atoms with Crippen molar-refractivity contribution in [1.82, 2.24) is 24.6 Å². The second-order valence-corrected chi connectivity index (χ2v) is 12.2. The molecule has 3 aromatic heterocycles. The molecule has 1 atom stereocenters. The summed E-state index contributed by atoms with van der Waals surface area (Å²) in [5, 5.41) is 8.22. The fraction of sp³-hybridized carbons (Fsp3) is 0.382. The van der Waals surface area contributed by atoms with Crippen molar-refractivity contribution in [2.24, 2.45) is 11.3 Å². The quantitative estimate of drug-likeness (QED) is 0.194. The molecule has 0 saturated heterocycles. The molecule has 43 heavy (non-hydrogen) atoms. The van der Waals surface area contributed by atoms with Gasteiger partial charge in [-0.3, -0.25) is 14.3 Å². The number of nitrogens with zero attached hydrogens (tertiary/aromatic N) is 3. The van der Waals surface area contributed by atoms with Crippen molar-refractivity contribution >= 4 is 22.5 Å². The third-order valence-corrected chi connectivity index (χ3v) is 8.14. The minimum absolute atomic E-state index is 0.231. The number of benzene rings is 1. The van der Waals surface area contributed by atoms with Gasteiger partial charge in [-0.15, -0.1) is 0 Å². The van der Waals surface area contributed by atoms with Crippen LogP contribution in [0.4, 0.5) is 5.69 Å². The Morgan fingerprint density at radius 1 is 1.19 bits per heavy atom. The SMILES string of the molecule is CCN(CC)CCOc1ccc2[nH]c(-c3cc(NC(=O)c4cnn(CC5=CCC(C(C)(C)C)C=C5)c4)c[nH]c3=O)cc2c1. The Morgan fingerprint density at radius 3 is 2.72 bits per heavy atom. The molecule has 9 nitrogen and oxygen atoms in total. The lowest BCUT2D eigenvalue weighted by Gasteiger charge is -2.29. The second kappa shape index (κ2) is 12.9. The van der Waals surface area contributed by atoms with Crippen LogP contribution in [0.25, 0.3) is 22.2 Å². The third-order valence-electron chi connectivity index (χ3n) is 8.14. The zero-order chi connectivity index (χ0) is 30.6. The van der Waals surface area contributed by atoms with Gasteiger partial charge in [-0.25, -0.2) is 0 Å². The molecule has 0 spiro atoms. The van der Waals surface area contributed by atoms with E-state index in [2.05, 4.69) is 78.1 Å². The Morgan fingerprint density at radius 2 is 2.00 bits per heavy atom. The number of carbonyl (C=O) groups is 1. The number of likely N-dealkylation sites (N-methyl/N-ethyl adjacent to an activating group) is 1. The van der Waals surface area contributed by atoms with Crippen molar-refractivity contribution in [1.29, 1.82) is 0 Å². The minimum Gasteiger partial charge on any atom is -0.492 e. The van der Waals surface area contributed by atoms with Gasteiger partial charge in [-0.2, -0.15) is 5.10 Å². The first-order chi connectivity index (χ1) is 20.6. The maximum atomic E-state index is 13.0. The fourth-order valence-electron chi connectivity index (χ4n) is 5.32. The first-order valence-electron chi connectivity index (χ1n) is 15.0. The lowest BCUT2D eigenvalue weighted by molar-refractivity contribution is 0.102. The number of hydrogen-bond donors (Lipinski definition) is 3. The molecule has 1 amide bonds. The van der Waals surface area contributed by atoms with Crippen LogP contribution in [0.5, 0.6) is 5.75 Å². The number of fused-ring (bicyclic) bond motifs is 1. The summed E-state index contributed by atoms with van der Waals surface area (Å²) in [6.45, 7) is 15.1. The molecule has 4 aromatic rings. The van der Waals surface area contributed by atoms with Crippen LogP contribution in [0, 0.1) is 11.3 Å². The van der Waals surface area contributed by atoms with E-state index in [1.165, 1.54) is 11.8 Å². The molecular formula is C34H42N6O3. The number of rotatable bonds is 11. The fourth-order valence-corrected chi connectivity index (χ4v) is 5.32. The van der Waals surface area contributed by atoms with E-state index < -0.39 is 0 Å². The number of pyridine rings is 1. The summed E-state index contributed by atoms with van der Waals surface area (Å²) >= 11 is 0. The van der Waals surface area contributed by atoms with Gasteiger partial charge in [0.05, 0.1) is 35.2 Å². The van der Waals surface area contributed by atoms with Crippen LogP contribution in [-0.4, -0.2) is 56.8 Å². The monoisotopic (exact) mass is 582 g/mol. The Labute approximate surface area is 252 Å². The van der Waals surface area contributed by atoms with E-state index in [-0.39, 0.29) is 16.9 Å². The van der Waals surface area contributed by atoms with Crippen molar-refractivity contribution in [2.45, 2.75) is 47.6 Å². The zero-order valence-corrected chi connectivity index (χ0v) is 25.7. The average Bonchev–Trinajstić information content (AvgIpc) is 3.63. The molecule has 1 unspecified atom stereocenters. The highest BCUT2D eigenvalue weighted by Gasteiger charge is 2.23. The van der Waals surface area contributed by atoms with Crippen LogP contribution in [0.2, 0.25) is 0 Å². The predicted octanol–water partition coefficient (Wildman–Crippen LogP) is 6.24. The number of aromatic nitrogens is 4. The van der Waals surface area contributed by atoms with Gasteiger partial charge >= 0.3 is 0 Å². The normalized spacial score (nSPS) is 15.2. The van der Waals surface area contributed by atoms with Crippen molar-refractivity contribution in [3.63, 3.8) is 0 Å². The van der Waals surface area contributed by atoms with Crippen molar-refractivity contribution in [3.8, 4) is 17.0 Å². The standard InChI is InChI=1S/C34H42N6O3/c1-6-39(7-2)14-15-43-28-12-13-30-24(16-28)17-31(38-30)29-18-27(20-35-33(29)42)37-32(41)25-19-36-40(22-25)21-23-8-10-26(11-9-23)34(3,4)5/h8-10,12-13,16-20,22,26,38H,6-7,11,14-15,21H2,1-5H3,(H,35,42)(H,37,41). The molecular weight excluding hydrogens is 540 g/mol. The van der Waals surface area contributed by atoms with Crippen LogP contribution in [-0.2, 0) is 6.54 Å². The van der Waals surface area contributed by atoms with Crippen LogP contribution >= 0.6 is 0 Å². The summed E-state index contributed by atoms with van der Waals surface area (Å²) in [5.74, 6) is 1.000. The van der Waals surface area contributed by atoms with Gasteiger partial charge in [0.15, 0.2) is 0 Å². The van der Waals surface area contributed by atoms with Crippen LogP contribution in [0.1, 0.15) is 51.4 Å². The zero-order valence-electron chi connectivity index (χ0n) is 25.7. The number of allylic oxidation sites excluding steroid dienone is 4. The molecule has 226 valence electrons. The summed E-state index contributed by atoms with van der Waals surface area (Å²) in [6.07, 6.45) is 12.5. The molecule has 0 bridgehead atoms. The second-order valence-electron chi connectivity index (χ2n) is 12.2. The topological polar surface area (TPSA) is 108 Å². The molecule has 3 heterocycles. The van der Waals surface area contributed by atoms with Crippen molar-refractivity contribution in [3.05, 3.63) is 88.6 Å². The summed E-state index contributed by atoms with van der Waals surface area (Å²) in [6, 6.07) is 9.44. The van der Waals surface area contributed by atoms with E-state index in [0.717, 1.165) is 42.7 Å². The number of carbonyl (C=O) groups excluding carboxylic acids is 1. The Kier molecular flexibility index (Phi) is 9.01. The summed E-state index contributed by atoms with van der Waals surface area (Å²) in [5.41, 5.74) is 4.06. The number of nitrogens with one attached hydrogen (secondary N) is 3.